The first-order chi connectivity index (χ1) is 13.8. The van der Waals surface area contributed by atoms with Gasteiger partial charge in [-0.05, 0) is 48.5 Å². The van der Waals surface area contributed by atoms with Crippen LogP contribution in [0.2, 0.25) is 0 Å². The van der Waals surface area contributed by atoms with Gasteiger partial charge in [0, 0.05) is 34.9 Å². The molecule has 0 aliphatic heterocycles. The van der Waals surface area contributed by atoms with E-state index in [1.165, 1.54) is 24.6 Å². The number of rotatable bonds is 4. The van der Waals surface area contributed by atoms with Gasteiger partial charge >= 0.3 is 0 Å². The van der Waals surface area contributed by atoms with Gasteiger partial charge in [0.05, 0.1) is 15.7 Å². The summed E-state index contributed by atoms with van der Waals surface area (Å²) in [6.07, 6.45) is 0. The highest BCUT2D eigenvalue weighted by atomic mass is 32.2. The maximum absolute atomic E-state index is 13.4. The minimum Gasteiger partial charge on any atom is -0.249 e. The molecule has 4 heteroatoms. The Kier molecular flexibility index (Phi) is 4.77. The molecular weight excluding hydrogens is 400 g/mol. The zero-order chi connectivity index (χ0) is 18.9. The van der Waals surface area contributed by atoms with Crippen molar-refractivity contribution >= 4 is 54.1 Å². The number of thiophene rings is 1. The normalized spacial score (nSPS) is 12.4. The smallest absolute Gasteiger partial charge is 0.0856 e. The molecule has 4 aromatic carbocycles. The Morgan fingerprint density at radius 3 is 2.04 bits per heavy atom. The molecule has 0 amide bonds. The Morgan fingerprint density at radius 1 is 0.643 bits per heavy atom. The van der Waals surface area contributed by atoms with Crippen molar-refractivity contribution in [2.24, 2.45) is 0 Å². The number of hydrogen-bond donors (Lipinski definition) is 0. The van der Waals surface area contributed by atoms with Crippen LogP contribution >= 0.6 is 23.1 Å². The van der Waals surface area contributed by atoms with Gasteiger partial charge in [0.25, 0.3) is 0 Å². The van der Waals surface area contributed by atoms with E-state index in [4.69, 9.17) is 0 Å². The molecule has 0 aliphatic carbocycles. The number of benzene rings is 4. The third-order valence-electron chi connectivity index (χ3n) is 4.57. The average Bonchev–Trinajstić information content (AvgIpc) is 3.14. The second kappa shape index (κ2) is 7.55. The van der Waals surface area contributed by atoms with E-state index < -0.39 is 10.8 Å². The molecule has 1 heterocycles. The molecule has 28 heavy (non-hydrogen) atoms. The minimum atomic E-state index is -1.21. The van der Waals surface area contributed by atoms with Crippen LogP contribution in [0.25, 0.3) is 20.2 Å². The van der Waals surface area contributed by atoms with E-state index in [0.29, 0.717) is 0 Å². The quantitative estimate of drug-likeness (QED) is 0.304. The summed E-state index contributed by atoms with van der Waals surface area (Å²) < 4.78 is 15.8. The van der Waals surface area contributed by atoms with Crippen LogP contribution in [0.3, 0.4) is 0 Å². The molecule has 0 saturated carbocycles. The number of hydrogen-bond acceptors (Lipinski definition) is 3. The molecule has 0 spiro atoms. The lowest BCUT2D eigenvalue weighted by molar-refractivity contribution is 0.684. The fraction of sp³-hybridized carbons (Fsp3) is 0. The van der Waals surface area contributed by atoms with Crippen LogP contribution in [0, 0.1) is 0 Å². The highest BCUT2D eigenvalue weighted by Gasteiger charge is 2.17. The summed E-state index contributed by atoms with van der Waals surface area (Å²) in [6.45, 7) is 0. The van der Waals surface area contributed by atoms with Crippen molar-refractivity contribution < 1.29 is 4.21 Å². The van der Waals surface area contributed by atoms with Gasteiger partial charge in [-0.15, -0.1) is 11.3 Å². The standard InChI is InChI=1S/C24H16OS3/c25-28(18-11-5-2-6-12-18)22-16-8-15-21-24(22)23-19(13-7-14-20(23)27-21)26-17-9-3-1-4-10-17/h1-16H. The molecule has 0 fully saturated rings. The molecule has 1 atom stereocenters. The molecule has 0 N–H and O–H groups in total. The van der Waals surface area contributed by atoms with Crippen molar-refractivity contribution in [1.29, 1.82) is 0 Å². The van der Waals surface area contributed by atoms with E-state index in [2.05, 4.69) is 48.5 Å². The molecule has 1 unspecified atom stereocenters. The van der Waals surface area contributed by atoms with Gasteiger partial charge in [0.1, 0.15) is 0 Å². The summed E-state index contributed by atoms with van der Waals surface area (Å²) in [4.78, 5) is 4.13. The summed E-state index contributed by atoms with van der Waals surface area (Å²) in [6, 6.07) is 32.7. The van der Waals surface area contributed by atoms with Crippen LogP contribution in [0.5, 0.6) is 0 Å². The van der Waals surface area contributed by atoms with Crippen LogP contribution in [-0.4, -0.2) is 4.21 Å². The Balaban J connectivity index is 1.75. The lowest BCUT2D eigenvalue weighted by Crippen LogP contribution is -1.93. The van der Waals surface area contributed by atoms with Crippen molar-refractivity contribution in [1.82, 2.24) is 0 Å². The van der Waals surface area contributed by atoms with Crippen LogP contribution in [0.4, 0.5) is 0 Å². The first-order valence-corrected chi connectivity index (χ1v) is 11.7. The first kappa shape index (κ1) is 17.7. The van der Waals surface area contributed by atoms with Gasteiger partial charge in [-0.2, -0.15) is 0 Å². The zero-order valence-corrected chi connectivity index (χ0v) is 17.3. The summed E-state index contributed by atoms with van der Waals surface area (Å²) in [7, 11) is -1.21. The van der Waals surface area contributed by atoms with Crippen LogP contribution in [0.15, 0.2) is 117 Å². The second-order valence-corrected chi connectivity index (χ2v) is 10.0. The topological polar surface area (TPSA) is 17.1 Å². The molecule has 1 aromatic heterocycles. The fourth-order valence-corrected chi connectivity index (χ4v) is 6.88. The van der Waals surface area contributed by atoms with Crippen molar-refractivity contribution in [3.63, 3.8) is 0 Å². The highest BCUT2D eigenvalue weighted by molar-refractivity contribution is 7.99. The molecule has 5 aromatic rings. The van der Waals surface area contributed by atoms with E-state index in [1.54, 1.807) is 23.1 Å². The SMILES string of the molecule is O=S(c1ccccc1)c1cccc2sc3cccc(Sc4ccccc4)c3c12. The molecule has 0 radical (unpaired) electrons. The lowest BCUT2D eigenvalue weighted by Gasteiger charge is -2.08. The van der Waals surface area contributed by atoms with Gasteiger partial charge in [-0.1, -0.05) is 60.3 Å². The summed E-state index contributed by atoms with van der Waals surface area (Å²) >= 11 is 3.53. The Morgan fingerprint density at radius 2 is 1.29 bits per heavy atom. The summed E-state index contributed by atoms with van der Waals surface area (Å²) in [5.74, 6) is 0. The van der Waals surface area contributed by atoms with Gasteiger partial charge in [0.2, 0.25) is 0 Å². The fourth-order valence-electron chi connectivity index (χ4n) is 3.33. The van der Waals surface area contributed by atoms with Gasteiger partial charge in [-0.3, -0.25) is 0 Å². The summed E-state index contributed by atoms with van der Waals surface area (Å²) in [5.41, 5.74) is 0. The molecule has 0 aliphatic rings. The summed E-state index contributed by atoms with van der Waals surface area (Å²) in [5, 5.41) is 2.32. The number of fused-ring (bicyclic) bond motifs is 3. The zero-order valence-electron chi connectivity index (χ0n) is 14.9. The van der Waals surface area contributed by atoms with E-state index in [1.807, 2.05) is 48.5 Å². The largest absolute Gasteiger partial charge is 0.249 e. The van der Waals surface area contributed by atoms with Gasteiger partial charge in [0.15, 0.2) is 0 Å². The molecule has 0 saturated heterocycles. The van der Waals surface area contributed by atoms with E-state index in [0.717, 1.165) is 15.2 Å². The van der Waals surface area contributed by atoms with Gasteiger partial charge in [-0.25, -0.2) is 4.21 Å². The van der Waals surface area contributed by atoms with Crippen molar-refractivity contribution in [3.8, 4) is 0 Å². The monoisotopic (exact) mass is 416 g/mol. The lowest BCUT2D eigenvalue weighted by atomic mass is 10.1. The van der Waals surface area contributed by atoms with E-state index in [9.17, 15) is 4.21 Å². The molecular formula is C24H16OS3. The minimum absolute atomic E-state index is 0.836. The Hall–Kier alpha value is -2.40. The van der Waals surface area contributed by atoms with E-state index >= 15 is 0 Å². The van der Waals surface area contributed by atoms with Crippen molar-refractivity contribution in [2.75, 3.05) is 0 Å². The molecule has 1 nitrogen and oxygen atoms in total. The van der Waals surface area contributed by atoms with Gasteiger partial charge < -0.3 is 0 Å². The second-order valence-electron chi connectivity index (χ2n) is 6.36. The van der Waals surface area contributed by atoms with Crippen molar-refractivity contribution in [2.45, 2.75) is 19.6 Å². The van der Waals surface area contributed by atoms with Crippen molar-refractivity contribution in [3.05, 3.63) is 97.1 Å². The van der Waals surface area contributed by atoms with Crippen LogP contribution < -0.4 is 0 Å². The van der Waals surface area contributed by atoms with Crippen LogP contribution in [0.1, 0.15) is 0 Å². The van der Waals surface area contributed by atoms with E-state index in [-0.39, 0.29) is 0 Å². The third-order valence-corrected chi connectivity index (χ3v) is 8.20. The molecule has 0 bridgehead atoms. The molecule has 5 rings (SSSR count). The maximum atomic E-state index is 13.4. The Bertz CT molecular complexity index is 1290. The predicted octanol–water partition coefficient (Wildman–Crippen LogP) is 7.37. The Labute approximate surface area is 174 Å². The third kappa shape index (κ3) is 3.18. The predicted molar refractivity (Wildman–Crippen MR) is 121 cm³/mol. The molecule has 136 valence electrons. The first-order valence-electron chi connectivity index (χ1n) is 8.95. The highest BCUT2D eigenvalue weighted by Crippen LogP contribution is 2.44. The average molecular weight is 417 g/mol. The maximum Gasteiger partial charge on any atom is 0.0856 e. The van der Waals surface area contributed by atoms with Crippen LogP contribution in [-0.2, 0) is 10.8 Å².